The van der Waals surface area contributed by atoms with Crippen LogP contribution < -0.4 is 10.6 Å². The SMILES string of the molecule is CCNC(=NCc1ccc(C(C)(C)C)cc1)NCc1c(C)nn(C)c1C.I. The molecule has 2 aromatic rings. The zero-order valence-electron chi connectivity index (χ0n) is 17.7. The van der Waals surface area contributed by atoms with Crippen LogP contribution in [0.3, 0.4) is 0 Å². The number of halogens is 1. The maximum absolute atomic E-state index is 4.72. The second-order valence-electron chi connectivity index (χ2n) is 7.77. The third-order valence-corrected chi connectivity index (χ3v) is 4.68. The Morgan fingerprint density at radius 1 is 1.11 bits per heavy atom. The van der Waals surface area contributed by atoms with Crippen molar-refractivity contribution in [2.24, 2.45) is 12.0 Å². The molecule has 0 saturated heterocycles. The third kappa shape index (κ3) is 6.52. The van der Waals surface area contributed by atoms with Gasteiger partial charge in [-0.25, -0.2) is 4.99 Å². The van der Waals surface area contributed by atoms with E-state index < -0.39 is 0 Å². The first-order chi connectivity index (χ1) is 12.2. The van der Waals surface area contributed by atoms with Crippen molar-refractivity contribution in [3.63, 3.8) is 0 Å². The molecular weight excluding hydrogens is 449 g/mol. The predicted octanol–water partition coefficient (Wildman–Crippen LogP) is 4.21. The molecule has 1 aromatic heterocycles. The first kappa shape index (κ1) is 23.5. The largest absolute Gasteiger partial charge is 0.357 e. The lowest BCUT2D eigenvalue weighted by molar-refractivity contribution is 0.590. The van der Waals surface area contributed by atoms with E-state index in [0.29, 0.717) is 6.54 Å². The van der Waals surface area contributed by atoms with E-state index in [-0.39, 0.29) is 29.4 Å². The number of guanidine groups is 1. The van der Waals surface area contributed by atoms with Gasteiger partial charge in [-0.1, -0.05) is 45.0 Å². The molecule has 0 fully saturated rings. The molecule has 0 atom stereocenters. The Kier molecular flexibility index (Phi) is 8.78. The number of hydrogen-bond acceptors (Lipinski definition) is 2. The Hall–Kier alpha value is -1.57. The van der Waals surface area contributed by atoms with Gasteiger partial charge in [0.15, 0.2) is 5.96 Å². The summed E-state index contributed by atoms with van der Waals surface area (Å²) in [7, 11) is 1.98. The fourth-order valence-electron chi connectivity index (χ4n) is 2.87. The molecule has 0 spiro atoms. The summed E-state index contributed by atoms with van der Waals surface area (Å²) in [6.07, 6.45) is 0. The molecule has 1 heterocycles. The second kappa shape index (κ2) is 10.1. The molecule has 0 aliphatic rings. The van der Waals surface area contributed by atoms with Crippen LogP contribution in [0.15, 0.2) is 29.3 Å². The van der Waals surface area contributed by atoms with E-state index in [1.54, 1.807) is 0 Å². The molecule has 0 aliphatic carbocycles. The summed E-state index contributed by atoms with van der Waals surface area (Å²) in [6, 6.07) is 8.74. The Bertz CT molecular complexity index is 754. The molecular formula is C21H34IN5. The zero-order chi connectivity index (χ0) is 19.3. The number of aliphatic imine (C=N–C) groups is 1. The van der Waals surface area contributed by atoms with Gasteiger partial charge in [-0.2, -0.15) is 5.10 Å². The average molecular weight is 483 g/mol. The highest BCUT2D eigenvalue weighted by molar-refractivity contribution is 14.0. The normalized spacial score (nSPS) is 11.9. The number of benzene rings is 1. The van der Waals surface area contributed by atoms with E-state index in [1.165, 1.54) is 22.4 Å². The monoisotopic (exact) mass is 483 g/mol. The van der Waals surface area contributed by atoms with Crippen LogP contribution in [0.2, 0.25) is 0 Å². The van der Waals surface area contributed by atoms with Crippen LogP contribution in [0.1, 0.15) is 55.8 Å². The molecule has 27 heavy (non-hydrogen) atoms. The van der Waals surface area contributed by atoms with Crippen molar-refractivity contribution in [1.82, 2.24) is 20.4 Å². The quantitative estimate of drug-likeness (QED) is 0.381. The van der Waals surface area contributed by atoms with E-state index >= 15 is 0 Å². The third-order valence-electron chi connectivity index (χ3n) is 4.68. The van der Waals surface area contributed by atoms with Gasteiger partial charge in [-0.05, 0) is 37.3 Å². The van der Waals surface area contributed by atoms with Crippen molar-refractivity contribution in [1.29, 1.82) is 0 Å². The lowest BCUT2D eigenvalue weighted by atomic mass is 9.87. The standard InChI is InChI=1S/C21H33N5.HI/c1-8-22-20(24-14-19-15(2)25-26(7)16(19)3)23-13-17-9-11-18(12-10-17)21(4,5)6;/h9-12H,8,13-14H2,1-7H3,(H2,22,23,24);1H. The van der Waals surface area contributed by atoms with Gasteiger partial charge < -0.3 is 10.6 Å². The number of nitrogens with one attached hydrogen (secondary N) is 2. The molecule has 2 rings (SSSR count). The Morgan fingerprint density at radius 2 is 1.74 bits per heavy atom. The Morgan fingerprint density at radius 3 is 2.22 bits per heavy atom. The highest BCUT2D eigenvalue weighted by Crippen LogP contribution is 2.22. The molecule has 0 radical (unpaired) electrons. The molecule has 5 nitrogen and oxygen atoms in total. The lowest BCUT2D eigenvalue weighted by Gasteiger charge is -2.19. The number of nitrogens with zero attached hydrogens (tertiary/aromatic N) is 3. The van der Waals surface area contributed by atoms with Crippen LogP contribution >= 0.6 is 24.0 Å². The average Bonchev–Trinajstić information content (AvgIpc) is 2.82. The van der Waals surface area contributed by atoms with Gasteiger partial charge in [-0.15, -0.1) is 24.0 Å². The molecule has 0 amide bonds. The van der Waals surface area contributed by atoms with Crippen molar-refractivity contribution in [3.8, 4) is 0 Å². The maximum atomic E-state index is 4.72. The Labute approximate surface area is 181 Å². The number of aryl methyl sites for hydroxylation is 2. The van der Waals surface area contributed by atoms with Crippen molar-refractivity contribution in [2.75, 3.05) is 6.54 Å². The van der Waals surface area contributed by atoms with Gasteiger partial charge in [0.2, 0.25) is 0 Å². The van der Waals surface area contributed by atoms with Gasteiger partial charge in [-0.3, -0.25) is 4.68 Å². The molecule has 0 bridgehead atoms. The minimum Gasteiger partial charge on any atom is -0.357 e. The summed E-state index contributed by atoms with van der Waals surface area (Å²) in [5.41, 5.74) is 6.21. The van der Waals surface area contributed by atoms with E-state index in [9.17, 15) is 0 Å². The minimum atomic E-state index is 0. The summed E-state index contributed by atoms with van der Waals surface area (Å²) >= 11 is 0. The summed E-state index contributed by atoms with van der Waals surface area (Å²) in [5, 5.41) is 11.2. The van der Waals surface area contributed by atoms with Gasteiger partial charge in [0.1, 0.15) is 0 Å². The van der Waals surface area contributed by atoms with Crippen molar-refractivity contribution >= 4 is 29.9 Å². The Balaban J connectivity index is 0.00000364. The van der Waals surface area contributed by atoms with Crippen LogP contribution in [0, 0.1) is 13.8 Å². The zero-order valence-corrected chi connectivity index (χ0v) is 20.0. The fraction of sp³-hybridized carbons (Fsp3) is 0.524. The van der Waals surface area contributed by atoms with E-state index in [4.69, 9.17) is 4.99 Å². The van der Waals surface area contributed by atoms with Crippen LogP contribution in [0.5, 0.6) is 0 Å². The van der Waals surface area contributed by atoms with E-state index in [2.05, 4.69) is 74.6 Å². The van der Waals surface area contributed by atoms with Gasteiger partial charge in [0, 0.05) is 31.4 Å². The second-order valence-corrected chi connectivity index (χ2v) is 7.77. The lowest BCUT2D eigenvalue weighted by Crippen LogP contribution is -2.37. The molecule has 6 heteroatoms. The first-order valence-corrected chi connectivity index (χ1v) is 9.33. The number of rotatable bonds is 5. The van der Waals surface area contributed by atoms with Gasteiger partial charge in [0.05, 0.1) is 12.2 Å². The number of aromatic nitrogens is 2. The minimum absolute atomic E-state index is 0. The molecule has 2 N–H and O–H groups in total. The highest BCUT2D eigenvalue weighted by atomic mass is 127. The van der Waals surface area contributed by atoms with Crippen LogP contribution in [-0.2, 0) is 25.6 Å². The molecule has 0 unspecified atom stereocenters. The molecule has 0 saturated carbocycles. The summed E-state index contributed by atoms with van der Waals surface area (Å²) in [5.74, 6) is 0.829. The highest BCUT2D eigenvalue weighted by Gasteiger charge is 2.13. The summed E-state index contributed by atoms with van der Waals surface area (Å²) in [4.78, 5) is 4.72. The summed E-state index contributed by atoms with van der Waals surface area (Å²) < 4.78 is 1.92. The van der Waals surface area contributed by atoms with Crippen molar-refractivity contribution in [2.45, 2.75) is 60.0 Å². The fourth-order valence-corrected chi connectivity index (χ4v) is 2.87. The maximum Gasteiger partial charge on any atom is 0.191 e. The summed E-state index contributed by atoms with van der Waals surface area (Å²) in [6.45, 7) is 15.1. The van der Waals surface area contributed by atoms with Crippen molar-refractivity contribution < 1.29 is 0 Å². The van der Waals surface area contributed by atoms with Gasteiger partial charge >= 0.3 is 0 Å². The number of hydrogen-bond donors (Lipinski definition) is 2. The predicted molar refractivity (Wildman–Crippen MR) is 125 cm³/mol. The first-order valence-electron chi connectivity index (χ1n) is 9.33. The smallest absolute Gasteiger partial charge is 0.191 e. The van der Waals surface area contributed by atoms with Gasteiger partial charge in [0.25, 0.3) is 0 Å². The van der Waals surface area contributed by atoms with Crippen LogP contribution in [-0.4, -0.2) is 22.3 Å². The van der Waals surface area contributed by atoms with Crippen molar-refractivity contribution in [3.05, 3.63) is 52.3 Å². The molecule has 150 valence electrons. The van der Waals surface area contributed by atoms with E-state index in [1.807, 2.05) is 18.7 Å². The topological polar surface area (TPSA) is 54.2 Å². The molecule has 0 aliphatic heterocycles. The van der Waals surface area contributed by atoms with Crippen LogP contribution in [0.25, 0.3) is 0 Å². The molecule has 1 aromatic carbocycles. The van der Waals surface area contributed by atoms with E-state index in [0.717, 1.165) is 24.7 Å². The van der Waals surface area contributed by atoms with Crippen LogP contribution in [0.4, 0.5) is 0 Å².